The Labute approximate surface area is 326 Å². The maximum Gasteiger partial charge on any atom is 0.334 e. The molecule has 4 heterocycles. The molecule has 5 aliphatic carbocycles. The molecule has 10 nitrogen and oxygen atoms in total. The zero-order chi connectivity index (χ0) is 40.0. The number of epoxide rings is 1. The van der Waals surface area contributed by atoms with Crippen molar-refractivity contribution in [3.8, 4) is 0 Å². The molecule has 0 aromatic carbocycles. The lowest BCUT2D eigenvalue weighted by Crippen LogP contribution is -2.46. The second-order valence-corrected chi connectivity index (χ2v) is 19.1. The molecule has 0 unspecified atom stereocenters. The molecule has 0 bridgehead atoms. The number of carbonyl (C=O) groups is 3. The summed E-state index contributed by atoms with van der Waals surface area (Å²) in [5.74, 6) is -0.650. The predicted molar refractivity (Wildman–Crippen MR) is 205 cm³/mol. The first-order valence-electron chi connectivity index (χ1n) is 20.5. The molecule has 15 atom stereocenters. The van der Waals surface area contributed by atoms with Crippen LogP contribution in [0.1, 0.15) is 112 Å². The Bertz CT molecular complexity index is 1700. The first-order valence-corrected chi connectivity index (χ1v) is 20.5. The maximum absolute atomic E-state index is 11.7. The highest BCUT2D eigenvalue weighted by molar-refractivity contribution is 5.92. The van der Waals surface area contributed by atoms with Crippen LogP contribution in [0.2, 0.25) is 0 Å². The Morgan fingerprint density at radius 3 is 1.71 bits per heavy atom. The molecule has 4 saturated heterocycles. The fourth-order valence-corrected chi connectivity index (χ4v) is 11.7. The topological polar surface area (TPSA) is 152 Å². The van der Waals surface area contributed by atoms with Gasteiger partial charge in [-0.2, -0.15) is 0 Å². The van der Waals surface area contributed by atoms with Crippen LogP contribution in [-0.4, -0.2) is 80.0 Å². The Balaban J connectivity index is 0.000000127. The third-order valence-electron chi connectivity index (χ3n) is 15.3. The smallest absolute Gasteiger partial charge is 0.334 e. The predicted octanol–water partition coefficient (Wildman–Crippen LogP) is 6.38. The molecule has 10 heteroatoms. The van der Waals surface area contributed by atoms with Gasteiger partial charge >= 0.3 is 17.9 Å². The molecule has 9 aliphatic rings. The average Bonchev–Trinajstić information content (AvgIpc) is 3.30. The number of hydrogen-bond acceptors (Lipinski definition) is 10. The number of carbonyl (C=O) groups excluding carboxylic acids is 3. The Hall–Kier alpha value is -3.05. The molecule has 302 valence electrons. The number of esters is 3. The summed E-state index contributed by atoms with van der Waals surface area (Å²) in [6, 6.07) is 0. The summed E-state index contributed by atoms with van der Waals surface area (Å²) in [5, 5.41) is 31.9. The third kappa shape index (κ3) is 7.12. The molecule has 9 rings (SSSR count). The van der Waals surface area contributed by atoms with Crippen LogP contribution in [-0.2, 0) is 33.3 Å². The summed E-state index contributed by atoms with van der Waals surface area (Å²) < 4.78 is 22.3. The van der Waals surface area contributed by atoms with Crippen LogP contribution in [0.5, 0.6) is 0 Å². The van der Waals surface area contributed by atoms with Crippen molar-refractivity contribution >= 4 is 17.9 Å². The van der Waals surface area contributed by atoms with Gasteiger partial charge in [0.25, 0.3) is 0 Å². The van der Waals surface area contributed by atoms with Gasteiger partial charge in [-0.3, -0.25) is 0 Å². The lowest BCUT2D eigenvalue weighted by atomic mass is 9.74. The van der Waals surface area contributed by atoms with E-state index in [2.05, 4.69) is 46.2 Å². The van der Waals surface area contributed by atoms with E-state index in [1.807, 2.05) is 13.8 Å². The molecule has 0 radical (unpaired) electrons. The fraction of sp³-hybridized carbons (Fsp3) is 0.711. The van der Waals surface area contributed by atoms with Crippen molar-refractivity contribution in [1.82, 2.24) is 0 Å². The SMILES string of the molecule is C=C1C(=O)O[C@@H]2[C@@H]3[C@@H](CC[C@@]3(C)O)C(=C)CC[C@@H]12.C=C1C(=O)O[C@@H]2[C@@H]3[C@@H](CC[C@@]3(C)O)[C@](C)(O)CC[C@@H]12.C=C1C(=O)O[C@@H]2[C@H]3O[C@]3(C)CC/C=C(\C)CC[C@@H]12. The first kappa shape index (κ1) is 40.2. The van der Waals surface area contributed by atoms with Gasteiger partial charge < -0.3 is 34.3 Å². The van der Waals surface area contributed by atoms with Crippen molar-refractivity contribution in [2.75, 3.05) is 0 Å². The second-order valence-electron chi connectivity index (χ2n) is 19.1. The van der Waals surface area contributed by atoms with Crippen LogP contribution in [0.15, 0.2) is 60.3 Å². The zero-order valence-electron chi connectivity index (χ0n) is 33.4. The highest BCUT2D eigenvalue weighted by atomic mass is 16.6. The van der Waals surface area contributed by atoms with E-state index in [1.165, 1.54) is 11.1 Å². The van der Waals surface area contributed by atoms with Crippen molar-refractivity contribution < 1.29 is 48.7 Å². The van der Waals surface area contributed by atoms with Crippen molar-refractivity contribution in [1.29, 1.82) is 0 Å². The number of aliphatic hydroxyl groups is 3. The summed E-state index contributed by atoms with van der Waals surface area (Å²) in [4.78, 5) is 35.2. The summed E-state index contributed by atoms with van der Waals surface area (Å²) >= 11 is 0. The molecular weight excluding hydrogens is 700 g/mol. The summed E-state index contributed by atoms with van der Waals surface area (Å²) in [5.41, 5.74) is 1.76. The van der Waals surface area contributed by atoms with Gasteiger partial charge in [0.2, 0.25) is 0 Å². The van der Waals surface area contributed by atoms with E-state index in [0.29, 0.717) is 36.0 Å². The van der Waals surface area contributed by atoms with Crippen molar-refractivity contribution in [2.24, 2.45) is 41.4 Å². The summed E-state index contributed by atoms with van der Waals surface area (Å²) in [7, 11) is 0. The Morgan fingerprint density at radius 2 is 1.07 bits per heavy atom. The summed E-state index contributed by atoms with van der Waals surface area (Å²) in [6.45, 7) is 25.5. The molecule has 0 aromatic rings. The van der Waals surface area contributed by atoms with Gasteiger partial charge in [0.15, 0.2) is 0 Å². The number of fused-ring (bicyclic) bond motifs is 9. The number of hydrogen-bond donors (Lipinski definition) is 3. The molecule has 4 saturated carbocycles. The van der Waals surface area contributed by atoms with Gasteiger partial charge in [0.1, 0.15) is 24.4 Å². The third-order valence-corrected chi connectivity index (χ3v) is 15.3. The molecule has 4 aliphatic heterocycles. The monoisotopic (exact) mass is 762 g/mol. The van der Waals surface area contributed by atoms with E-state index in [-0.39, 0.29) is 89.4 Å². The Kier molecular flexibility index (Phi) is 10.3. The quantitative estimate of drug-likeness (QED) is 0.0834. The van der Waals surface area contributed by atoms with Crippen LogP contribution in [0.25, 0.3) is 0 Å². The minimum Gasteiger partial charge on any atom is -0.458 e. The van der Waals surface area contributed by atoms with E-state index in [4.69, 9.17) is 18.9 Å². The average molecular weight is 763 g/mol. The zero-order valence-corrected chi connectivity index (χ0v) is 33.4. The highest BCUT2D eigenvalue weighted by Crippen LogP contribution is 2.56. The van der Waals surface area contributed by atoms with Gasteiger partial charge in [-0.25, -0.2) is 14.4 Å². The summed E-state index contributed by atoms with van der Waals surface area (Å²) in [6.07, 6.45) is 12.0. The molecule has 0 aromatic heterocycles. The number of rotatable bonds is 0. The first-order chi connectivity index (χ1) is 25.7. The van der Waals surface area contributed by atoms with E-state index >= 15 is 0 Å². The number of ether oxygens (including phenoxy) is 4. The van der Waals surface area contributed by atoms with Crippen molar-refractivity contribution in [3.63, 3.8) is 0 Å². The minimum absolute atomic E-state index is 0.0132. The van der Waals surface area contributed by atoms with E-state index in [9.17, 15) is 29.7 Å². The standard InChI is InChI=1S/C15H22O4.2C15H20O3/c1-8-9-4-6-14(2,17)10-5-7-15(3,18)11(10)12(9)19-13(8)16;1-9-5-4-8-15(3)13(18-15)12-11(7-6-9)10(2)14(16)17-12;1-8-4-5-11-9(2)14(16)18-13(11)12-10(8)6-7-15(12,3)17/h9-12,17-18H,1,4-7H2,2-3H3;5,11-13H,2,4,6-8H2,1,3H3;10-13,17H,1-2,4-7H2,3H3/b;9-5+;/t9-,10+,11-,12-,14+,15+;11-,12-,13+,15+;10-,11-,12-,13-,15+/m000/s1. The van der Waals surface area contributed by atoms with Crippen molar-refractivity contribution in [3.05, 3.63) is 60.3 Å². The van der Waals surface area contributed by atoms with Crippen LogP contribution in [0.3, 0.4) is 0 Å². The van der Waals surface area contributed by atoms with Crippen LogP contribution >= 0.6 is 0 Å². The largest absolute Gasteiger partial charge is 0.458 e. The van der Waals surface area contributed by atoms with E-state index in [0.717, 1.165) is 57.8 Å². The van der Waals surface area contributed by atoms with Crippen LogP contribution in [0, 0.1) is 41.4 Å². The lowest BCUT2D eigenvalue weighted by Gasteiger charge is -2.37. The van der Waals surface area contributed by atoms with E-state index in [1.54, 1.807) is 6.92 Å². The van der Waals surface area contributed by atoms with Crippen LogP contribution < -0.4 is 0 Å². The van der Waals surface area contributed by atoms with Crippen molar-refractivity contribution in [2.45, 2.75) is 158 Å². The highest BCUT2D eigenvalue weighted by Gasteiger charge is 2.62. The molecular formula is C45H62O10. The van der Waals surface area contributed by atoms with Gasteiger partial charge in [0, 0.05) is 46.3 Å². The molecule has 0 spiro atoms. The normalized spacial score (nSPS) is 49.3. The van der Waals surface area contributed by atoms with Gasteiger partial charge in [-0.1, -0.05) is 43.5 Å². The van der Waals surface area contributed by atoms with Gasteiger partial charge in [-0.15, -0.1) is 0 Å². The fourth-order valence-electron chi connectivity index (χ4n) is 11.7. The van der Waals surface area contributed by atoms with Crippen LogP contribution in [0.4, 0.5) is 0 Å². The molecule has 3 N–H and O–H groups in total. The Morgan fingerprint density at radius 1 is 0.600 bits per heavy atom. The second kappa shape index (κ2) is 14.1. The van der Waals surface area contributed by atoms with Gasteiger partial charge in [0.05, 0.1) is 22.4 Å². The number of allylic oxidation sites excluding steroid dienone is 3. The van der Waals surface area contributed by atoms with Gasteiger partial charge in [-0.05, 0) is 124 Å². The minimum atomic E-state index is -0.882. The molecule has 55 heavy (non-hydrogen) atoms. The molecule has 8 fully saturated rings. The molecule has 0 amide bonds. The maximum atomic E-state index is 11.7. The van der Waals surface area contributed by atoms with E-state index < -0.39 is 16.8 Å². The lowest BCUT2D eigenvalue weighted by molar-refractivity contribution is -0.150.